The maximum Gasteiger partial charge on any atom is 0.418 e. The zero-order valence-electron chi connectivity index (χ0n) is 11.6. The first-order valence-electron chi connectivity index (χ1n) is 6.39. The second-order valence-electron chi connectivity index (χ2n) is 5.22. The van der Waals surface area contributed by atoms with Crippen molar-refractivity contribution in [3.05, 3.63) is 23.8 Å². The van der Waals surface area contributed by atoms with Crippen molar-refractivity contribution in [2.45, 2.75) is 17.5 Å². The van der Waals surface area contributed by atoms with Crippen LogP contribution in [0.3, 0.4) is 0 Å². The van der Waals surface area contributed by atoms with Gasteiger partial charge in [0.25, 0.3) is 0 Å². The van der Waals surface area contributed by atoms with Gasteiger partial charge in [-0.1, -0.05) is 0 Å². The van der Waals surface area contributed by atoms with E-state index in [9.17, 15) is 26.4 Å². The minimum atomic E-state index is -4.72. The van der Waals surface area contributed by atoms with Crippen LogP contribution < -0.4 is 4.90 Å². The summed E-state index contributed by atoms with van der Waals surface area (Å²) in [6.45, 7) is 0.148. The van der Waals surface area contributed by atoms with E-state index in [0.717, 1.165) is 18.4 Å². The standard InChI is InChI=1S/C13H14F3NO4S/c1-22(20,21)9-2-3-11(10(6-9)13(14,15)16)17-5-4-8(7-17)12(18)19/h2-3,6,8H,4-5,7H2,1H3,(H,18,19). The highest BCUT2D eigenvalue weighted by molar-refractivity contribution is 7.90. The molecular weight excluding hydrogens is 323 g/mol. The number of hydrogen-bond donors (Lipinski definition) is 1. The third kappa shape index (κ3) is 3.34. The largest absolute Gasteiger partial charge is 0.481 e. The van der Waals surface area contributed by atoms with Crippen LogP contribution in [-0.2, 0) is 20.8 Å². The highest BCUT2D eigenvalue weighted by Crippen LogP contribution is 2.39. The maximum atomic E-state index is 13.2. The van der Waals surface area contributed by atoms with E-state index < -0.39 is 38.4 Å². The van der Waals surface area contributed by atoms with E-state index in [1.165, 1.54) is 4.90 Å². The summed E-state index contributed by atoms with van der Waals surface area (Å²) < 4.78 is 62.4. The van der Waals surface area contributed by atoms with Gasteiger partial charge in [-0.2, -0.15) is 13.2 Å². The van der Waals surface area contributed by atoms with E-state index in [1.54, 1.807) is 0 Å². The maximum absolute atomic E-state index is 13.2. The van der Waals surface area contributed by atoms with Gasteiger partial charge in [0.05, 0.1) is 16.4 Å². The van der Waals surface area contributed by atoms with Gasteiger partial charge in [-0.3, -0.25) is 4.79 Å². The predicted octanol–water partition coefficient (Wildman–Crippen LogP) is 2.02. The van der Waals surface area contributed by atoms with Gasteiger partial charge in [0, 0.05) is 25.0 Å². The first-order chi connectivity index (χ1) is 10.00. The smallest absolute Gasteiger partial charge is 0.418 e. The number of benzene rings is 1. The van der Waals surface area contributed by atoms with Crippen LogP contribution in [0.4, 0.5) is 18.9 Å². The van der Waals surface area contributed by atoms with Crippen molar-refractivity contribution in [1.29, 1.82) is 0 Å². The lowest BCUT2D eigenvalue weighted by atomic mass is 10.1. The second-order valence-corrected chi connectivity index (χ2v) is 7.23. The van der Waals surface area contributed by atoms with Crippen LogP contribution >= 0.6 is 0 Å². The molecule has 9 heteroatoms. The van der Waals surface area contributed by atoms with Gasteiger partial charge in [-0.25, -0.2) is 8.42 Å². The number of halogens is 3. The molecule has 1 aromatic carbocycles. The highest BCUT2D eigenvalue weighted by Gasteiger charge is 2.38. The van der Waals surface area contributed by atoms with E-state index >= 15 is 0 Å². The van der Waals surface area contributed by atoms with Crippen LogP contribution in [-0.4, -0.2) is 38.8 Å². The third-order valence-electron chi connectivity index (χ3n) is 3.58. The first kappa shape index (κ1) is 16.6. The monoisotopic (exact) mass is 337 g/mol. The number of carboxylic acid groups (broad SMARTS) is 1. The average Bonchev–Trinajstić information content (AvgIpc) is 2.85. The Morgan fingerprint density at radius 3 is 2.45 bits per heavy atom. The fourth-order valence-electron chi connectivity index (χ4n) is 2.43. The third-order valence-corrected chi connectivity index (χ3v) is 4.69. The normalized spacial score (nSPS) is 19.5. The Morgan fingerprint density at radius 2 is 2.00 bits per heavy atom. The molecule has 1 atom stereocenters. The number of rotatable bonds is 3. The van der Waals surface area contributed by atoms with Crippen LogP contribution in [0.5, 0.6) is 0 Å². The van der Waals surface area contributed by atoms with E-state index in [0.29, 0.717) is 6.07 Å². The van der Waals surface area contributed by atoms with Crippen LogP contribution in [0.2, 0.25) is 0 Å². The van der Waals surface area contributed by atoms with E-state index in [-0.39, 0.29) is 25.2 Å². The summed E-state index contributed by atoms with van der Waals surface area (Å²) in [4.78, 5) is 11.8. The Balaban J connectivity index is 2.46. The molecule has 0 amide bonds. The van der Waals surface area contributed by atoms with Gasteiger partial charge in [0.15, 0.2) is 9.84 Å². The number of alkyl halides is 3. The Morgan fingerprint density at radius 1 is 1.36 bits per heavy atom. The molecule has 0 bridgehead atoms. The Kier molecular flexibility index (Phi) is 4.12. The van der Waals surface area contributed by atoms with Crippen molar-refractivity contribution in [1.82, 2.24) is 0 Å². The molecule has 2 rings (SSSR count). The fourth-order valence-corrected chi connectivity index (χ4v) is 3.08. The van der Waals surface area contributed by atoms with Crippen molar-refractivity contribution in [3.8, 4) is 0 Å². The summed E-state index contributed by atoms with van der Waals surface area (Å²) in [6, 6.07) is 2.79. The quantitative estimate of drug-likeness (QED) is 0.913. The molecule has 1 fully saturated rings. The van der Waals surface area contributed by atoms with Gasteiger partial charge in [-0.15, -0.1) is 0 Å². The fraction of sp³-hybridized carbons (Fsp3) is 0.462. The van der Waals surface area contributed by atoms with Gasteiger partial charge >= 0.3 is 12.1 Å². The van der Waals surface area contributed by atoms with Gasteiger partial charge in [0.1, 0.15) is 0 Å². The predicted molar refractivity (Wildman–Crippen MR) is 72.5 cm³/mol. The van der Waals surface area contributed by atoms with Crippen LogP contribution in [0, 0.1) is 5.92 Å². The summed E-state index contributed by atoms with van der Waals surface area (Å²) in [5.41, 5.74) is -1.26. The summed E-state index contributed by atoms with van der Waals surface area (Å²) in [6.07, 6.45) is -3.64. The number of carboxylic acids is 1. The molecule has 1 saturated heterocycles. The number of aliphatic carboxylic acids is 1. The van der Waals surface area contributed by atoms with Crippen molar-refractivity contribution in [2.24, 2.45) is 5.92 Å². The molecular formula is C13H14F3NO4S. The van der Waals surface area contributed by atoms with E-state index in [1.807, 2.05) is 0 Å². The summed E-state index contributed by atoms with van der Waals surface area (Å²) in [5, 5.41) is 8.93. The van der Waals surface area contributed by atoms with Crippen LogP contribution in [0.15, 0.2) is 23.1 Å². The van der Waals surface area contributed by atoms with Crippen molar-refractivity contribution >= 4 is 21.5 Å². The average molecular weight is 337 g/mol. The lowest BCUT2D eigenvalue weighted by molar-refractivity contribution is -0.141. The molecule has 22 heavy (non-hydrogen) atoms. The number of nitrogens with zero attached hydrogens (tertiary/aromatic N) is 1. The minimum absolute atomic E-state index is 0.0311. The molecule has 1 unspecified atom stereocenters. The first-order valence-corrected chi connectivity index (χ1v) is 8.28. The Labute approximate surface area is 125 Å². The number of carbonyl (C=O) groups is 1. The topological polar surface area (TPSA) is 74.7 Å². The molecule has 0 aromatic heterocycles. The molecule has 0 aliphatic carbocycles. The van der Waals surface area contributed by atoms with E-state index in [2.05, 4.69) is 0 Å². The highest BCUT2D eigenvalue weighted by atomic mass is 32.2. The molecule has 0 radical (unpaired) electrons. The molecule has 1 N–H and O–H groups in total. The zero-order valence-corrected chi connectivity index (χ0v) is 12.4. The lowest BCUT2D eigenvalue weighted by Crippen LogP contribution is -2.25. The Hall–Kier alpha value is -1.77. The minimum Gasteiger partial charge on any atom is -0.481 e. The number of hydrogen-bond acceptors (Lipinski definition) is 4. The van der Waals surface area contributed by atoms with Gasteiger partial charge in [0.2, 0.25) is 0 Å². The number of anilines is 1. The van der Waals surface area contributed by atoms with Crippen molar-refractivity contribution < 1.29 is 31.5 Å². The SMILES string of the molecule is CS(=O)(=O)c1ccc(N2CCC(C(=O)O)C2)c(C(F)(F)F)c1. The molecule has 0 saturated carbocycles. The summed E-state index contributed by atoms with van der Waals surface area (Å²) >= 11 is 0. The lowest BCUT2D eigenvalue weighted by Gasteiger charge is -2.23. The molecule has 0 spiro atoms. The second kappa shape index (κ2) is 5.45. The molecule has 1 aliphatic heterocycles. The number of sulfone groups is 1. The van der Waals surface area contributed by atoms with Gasteiger partial charge in [-0.05, 0) is 24.6 Å². The molecule has 1 aliphatic rings. The van der Waals surface area contributed by atoms with E-state index in [4.69, 9.17) is 5.11 Å². The van der Waals surface area contributed by atoms with Gasteiger partial charge < -0.3 is 10.0 Å². The van der Waals surface area contributed by atoms with Crippen molar-refractivity contribution in [2.75, 3.05) is 24.2 Å². The van der Waals surface area contributed by atoms with Crippen LogP contribution in [0.25, 0.3) is 0 Å². The molecule has 1 aromatic rings. The molecule has 5 nitrogen and oxygen atoms in total. The zero-order chi connectivity index (χ0) is 16.7. The summed E-state index contributed by atoms with van der Waals surface area (Å²) in [5.74, 6) is -1.78. The van der Waals surface area contributed by atoms with Crippen molar-refractivity contribution in [3.63, 3.8) is 0 Å². The Bertz CT molecular complexity index is 700. The van der Waals surface area contributed by atoms with Crippen LogP contribution in [0.1, 0.15) is 12.0 Å². The molecule has 1 heterocycles. The summed E-state index contributed by atoms with van der Waals surface area (Å²) in [7, 11) is -3.76. The molecule has 122 valence electrons.